The van der Waals surface area contributed by atoms with Gasteiger partial charge in [-0.25, -0.2) is 0 Å². The molecule has 0 saturated heterocycles. The fraction of sp³-hybridized carbons (Fsp3) is 1.00. The van der Waals surface area contributed by atoms with E-state index in [0.717, 1.165) is 6.92 Å². The van der Waals surface area contributed by atoms with Crippen LogP contribution in [0.1, 0.15) is 8.29 Å². The van der Waals surface area contributed by atoms with Crippen LogP contribution in [0, 0.1) is 0 Å². The van der Waals surface area contributed by atoms with Crippen LogP contribution in [-0.4, -0.2) is 16.5 Å². The first-order valence-corrected chi connectivity index (χ1v) is 0.947. The van der Waals surface area contributed by atoms with E-state index in [1.807, 2.05) is 0 Å². The van der Waals surface area contributed by atoms with Crippen molar-refractivity contribution in [1.82, 2.24) is 0 Å². The molecule has 2 N–H and O–H groups in total. The highest BCUT2D eigenvalue weighted by Crippen LogP contribution is 1.57. The quantitative estimate of drug-likeness (QED) is 0.365. The lowest BCUT2D eigenvalue weighted by molar-refractivity contribution is -0.0228. The van der Waals surface area contributed by atoms with Crippen molar-refractivity contribution < 1.29 is 11.6 Å². The van der Waals surface area contributed by atoms with Gasteiger partial charge in [0, 0.05) is 0 Å². The van der Waals surface area contributed by atoms with Crippen molar-refractivity contribution in [3.8, 4) is 0 Å². The maximum Gasteiger partial charge on any atom is 0.148 e. The number of hydrogen-bond acceptors (Lipinski definition) is 2. The van der Waals surface area contributed by atoms with E-state index in [9.17, 15) is 0 Å². The van der Waals surface area contributed by atoms with E-state index in [1.54, 1.807) is 0 Å². The van der Waals surface area contributed by atoms with Gasteiger partial charge in [-0.2, -0.15) is 0 Å². The van der Waals surface area contributed by atoms with Crippen LogP contribution in [0.2, 0.25) is 0 Å². The van der Waals surface area contributed by atoms with E-state index in [4.69, 9.17) is 11.6 Å². The van der Waals surface area contributed by atoms with Crippen LogP contribution >= 0.6 is 0 Å². The van der Waals surface area contributed by atoms with Crippen LogP contribution in [0.25, 0.3) is 0 Å². The van der Waals surface area contributed by atoms with Gasteiger partial charge in [0.05, 0.1) is 1.37 Å². The molecule has 0 radical (unpaired) electrons. The third-order valence-electron chi connectivity index (χ3n) is 0. The van der Waals surface area contributed by atoms with Crippen molar-refractivity contribution >= 4 is 0 Å². The Balaban J connectivity index is 3.02. The van der Waals surface area contributed by atoms with Gasteiger partial charge in [0.2, 0.25) is 0 Å². The summed E-state index contributed by atoms with van der Waals surface area (Å²) in [6.07, 6.45) is -2.25. The minimum absolute atomic E-state index is 0.965. The van der Waals surface area contributed by atoms with Gasteiger partial charge in [-0.3, -0.25) is 0 Å². The summed E-state index contributed by atoms with van der Waals surface area (Å²) < 4.78 is 6.05. The summed E-state index contributed by atoms with van der Waals surface area (Å²) in [5, 5.41) is 15.5. The van der Waals surface area contributed by atoms with Gasteiger partial charge in [-0.1, -0.05) is 0 Å². The van der Waals surface area contributed by atoms with Gasteiger partial charge in [0.25, 0.3) is 0 Å². The maximum atomic E-state index is 7.74. The minimum atomic E-state index is -2.25. The molecule has 0 aromatic rings. The van der Waals surface area contributed by atoms with Gasteiger partial charge in [0.1, 0.15) is 6.27 Å². The average molecular weight is 63.1 g/mol. The van der Waals surface area contributed by atoms with E-state index in [1.165, 1.54) is 0 Å². The molecule has 0 aliphatic carbocycles. The fourth-order valence-electron chi connectivity index (χ4n) is 0. The molecule has 0 aliphatic rings. The van der Waals surface area contributed by atoms with Crippen molar-refractivity contribution in [3.63, 3.8) is 0 Å². The second-order valence-corrected chi connectivity index (χ2v) is 0.547. The highest BCUT2D eigenvalue weighted by Gasteiger charge is 1.70. The van der Waals surface area contributed by atoms with E-state index in [-0.39, 0.29) is 0 Å². The topological polar surface area (TPSA) is 40.5 Å². The van der Waals surface area contributed by atoms with E-state index >= 15 is 0 Å². The van der Waals surface area contributed by atoms with Gasteiger partial charge >= 0.3 is 0 Å². The molecule has 0 aromatic carbocycles. The van der Waals surface area contributed by atoms with Gasteiger partial charge in [0.15, 0.2) is 0 Å². The molecule has 0 spiro atoms. The summed E-state index contributed by atoms with van der Waals surface area (Å²) in [6, 6.07) is 0. The molecular weight excluding hydrogens is 56.0 g/mol. The number of aliphatic hydroxyl groups is 2. The first-order valence-electron chi connectivity index (χ1n) is 1.45. The van der Waals surface area contributed by atoms with Crippen LogP contribution in [0.15, 0.2) is 0 Å². The summed E-state index contributed by atoms with van der Waals surface area (Å²) in [7, 11) is 0. The van der Waals surface area contributed by atoms with Gasteiger partial charge in [-0.05, 0) is 6.92 Å². The SMILES string of the molecule is [2H]C(C)(O)O. The first kappa shape index (κ1) is 2.18. The summed E-state index contributed by atoms with van der Waals surface area (Å²) in [4.78, 5) is 0. The van der Waals surface area contributed by atoms with Crippen molar-refractivity contribution in [1.29, 1.82) is 0 Å². The first-order chi connectivity index (χ1) is 2.00. The largest absolute Gasteiger partial charge is 0.368 e. The lowest BCUT2D eigenvalue weighted by Gasteiger charge is -1.80. The molecular formula is C2H6O2. The molecule has 0 aromatic heterocycles. The summed E-state index contributed by atoms with van der Waals surface area (Å²) in [5.74, 6) is 0. The lowest BCUT2D eigenvalue weighted by atomic mass is 10.8. The van der Waals surface area contributed by atoms with Crippen molar-refractivity contribution in [2.24, 2.45) is 0 Å². The highest BCUT2D eigenvalue weighted by atomic mass is 16.5. The molecule has 0 unspecified atom stereocenters. The maximum absolute atomic E-state index is 7.74. The zero-order valence-electron chi connectivity index (χ0n) is 3.39. The average Bonchev–Trinajstić information content (AvgIpc) is 0.722. The molecule has 4 heavy (non-hydrogen) atoms. The highest BCUT2D eigenvalue weighted by molar-refractivity contribution is 4.02. The van der Waals surface area contributed by atoms with Crippen molar-refractivity contribution in [3.05, 3.63) is 0 Å². The zero-order valence-corrected chi connectivity index (χ0v) is 2.39. The van der Waals surface area contributed by atoms with Gasteiger partial charge in [-0.15, -0.1) is 0 Å². The molecule has 0 saturated carbocycles. The predicted molar refractivity (Wildman–Crippen MR) is 13.9 cm³/mol. The summed E-state index contributed by atoms with van der Waals surface area (Å²) >= 11 is 0. The molecule has 0 fully saturated rings. The number of hydrogen-bond donors (Lipinski definition) is 2. The smallest absolute Gasteiger partial charge is 0.148 e. The molecule has 2 nitrogen and oxygen atoms in total. The Morgan fingerprint density at radius 1 is 2.00 bits per heavy atom. The Morgan fingerprint density at radius 3 is 2.00 bits per heavy atom. The molecule has 26 valence electrons. The Labute approximate surface area is 26.1 Å². The van der Waals surface area contributed by atoms with Crippen LogP contribution in [0.4, 0.5) is 0 Å². The van der Waals surface area contributed by atoms with Crippen molar-refractivity contribution in [2.45, 2.75) is 13.2 Å². The molecule has 0 bridgehead atoms. The third-order valence-corrected chi connectivity index (χ3v) is 0. The van der Waals surface area contributed by atoms with E-state index < -0.39 is 6.27 Å². The van der Waals surface area contributed by atoms with Gasteiger partial charge < -0.3 is 10.2 Å². The van der Waals surface area contributed by atoms with E-state index in [2.05, 4.69) is 0 Å². The number of rotatable bonds is 0. The standard InChI is InChI=1S/C2H6O2/c1-2(3)4/h2-4H,1H3/i2D. The van der Waals surface area contributed by atoms with Crippen molar-refractivity contribution in [2.75, 3.05) is 0 Å². The molecule has 0 atom stereocenters. The Hall–Kier alpha value is -0.0800. The molecule has 0 rings (SSSR count). The van der Waals surface area contributed by atoms with Crippen LogP contribution in [0.5, 0.6) is 0 Å². The molecule has 0 amide bonds. The Bertz CT molecular complexity index is 23.1. The Kier molecular flexibility index (Phi) is 0.686. The second kappa shape index (κ2) is 1.26. The predicted octanol–water partition coefficient (Wildman–Crippen LogP) is -0.683. The second-order valence-electron chi connectivity index (χ2n) is 0.547. The monoisotopic (exact) mass is 63.0 g/mol. The summed E-state index contributed by atoms with van der Waals surface area (Å²) in [6.45, 7) is 0.965. The lowest BCUT2D eigenvalue weighted by Crippen LogP contribution is -1.92. The third kappa shape index (κ3) is 254. The minimum Gasteiger partial charge on any atom is -0.368 e. The molecule has 0 heterocycles. The molecule has 2 heteroatoms. The van der Waals surface area contributed by atoms with Crippen LogP contribution in [0.3, 0.4) is 0 Å². The van der Waals surface area contributed by atoms with E-state index in [0.29, 0.717) is 0 Å². The van der Waals surface area contributed by atoms with Crippen LogP contribution < -0.4 is 0 Å². The normalized spacial score (nSPS) is 15.2. The van der Waals surface area contributed by atoms with Crippen LogP contribution in [-0.2, 0) is 0 Å². The zero-order chi connectivity index (χ0) is 4.50. The molecule has 0 aliphatic heterocycles. The Morgan fingerprint density at radius 2 is 2.00 bits per heavy atom. The fourth-order valence-corrected chi connectivity index (χ4v) is 0. The summed E-state index contributed by atoms with van der Waals surface area (Å²) in [5.41, 5.74) is 0.